The van der Waals surface area contributed by atoms with Crippen molar-refractivity contribution in [3.8, 4) is 0 Å². The van der Waals surface area contributed by atoms with E-state index in [1.54, 1.807) is 30.3 Å². The summed E-state index contributed by atoms with van der Waals surface area (Å²) in [5.41, 5.74) is 1.10. The Labute approximate surface area is 154 Å². The fraction of sp³-hybridized carbons (Fsp3) is 0.176. The van der Waals surface area contributed by atoms with E-state index in [2.05, 4.69) is 5.32 Å². The zero-order chi connectivity index (χ0) is 17.5. The van der Waals surface area contributed by atoms with E-state index < -0.39 is 11.9 Å². The summed E-state index contributed by atoms with van der Waals surface area (Å²) in [6.45, 7) is -0.0706. The lowest BCUT2D eigenvalue weighted by Crippen LogP contribution is -2.28. The molecule has 0 aromatic heterocycles. The van der Waals surface area contributed by atoms with Gasteiger partial charge >= 0.3 is 5.97 Å². The molecule has 0 saturated carbocycles. The van der Waals surface area contributed by atoms with E-state index in [-0.39, 0.29) is 17.2 Å². The Morgan fingerprint density at radius 1 is 1.17 bits per heavy atom. The predicted octanol–water partition coefficient (Wildman–Crippen LogP) is 4.19. The number of thioether (sulfide) groups is 1. The molecule has 0 aliphatic carbocycles. The fourth-order valence-electron chi connectivity index (χ4n) is 1.90. The van der Waals surface area contributed by atoms with Gasteiger partial charge in [0.2, 0.25) is 0 Å². The van der Waals surface area contributed by atoms with Gasteiger partial charge in [-0.2, -0.15) is 0 Å². The average Bonchev–Trinajstić information content (AvgIpc) is 2.58. The molecule has 0 heterocycles. The first-order valence-electron chi connectivity index (χ1n) is 7.01. The van der Waals surface area contributed by atoms with Gasteiger partial charge in [0.25, 0.3) is 5.91 Å². The second-order valence-corrected chi connectivity index (χ2v) is 6.55. The predicted molar refractivity (Wildman–Crippen MR) is 96.8 cm³/mol. The normalized spacial score (nSPS) is 10.3. The molecular formula is C17H15Cl2NO3S. The lowest BCUT2D eigenvalue weighted by Gasteiger charge is -2.08. The van der Waals surface area contributed by atoms with Crippen LogP contribution in [0.15, 0.2) is 47.4 Å². The first-order valence-corrected chi connectivity index (χ1v) is 8.99. The molecule has 2 rings (SSSR count). The van der Waals surface area contributed by atoms with Gasteiger partial charge in [0.15, 0.2) is 6.61 Å². The molecule has 0 bridgehead atoms. The third-order valence-electron chi connectivity index (χ3n) is 3.11. The van der Waals surface area contributed by atoms with E-state index in [1.165, 1.54) is 11.8 Å². The molecule has 2 aromatic rings. The second-order valence-electron chi connectivity index (χ2n) is 4.83. The molecule has 126 valence electrons. The molecule has 7 heteroatoms. The molecule has 0 fully saturated rings. The van der Waals surface area contributed by atoms with E-state index in [1.807, 2.05) is 18.4 Å². The summed E-state index contributed by atoms with van der Waals surface area (Å²) in [4.78, 5) is 24.7. The van der Waals surface area contributed by atoms with Crippen molar-refractivity contribution in [3.63, 3.8) is 0 Å². The molecule has 0 aliphatic rings. The highest BCUT2D eigenvalue weighted by Crippen LogP contribution is 2.23. The van der Waals surface area contributed by atoms with Gasteiger partial charge in [0.1, 0.15) is 0 Å². The standard InChI is InChI=1S/C17H15Cl2NO3S/c1-24-13-5-6-15(19)14(8-13)17(22)23-10-16(21)20-9-11-3-2-4-12(18)7-11/h2-8H,9-10H2,1H3,(H,20,21). The molecule has 1 N–H and O–H groups in total. The highest BCUT2D eigenvalue weighted by Gasteiger charge is 2.14. The van der Waals surface area contributed by atoms with Crippen molar-refractivity contribution in [2.24, 2.45) is 0 Å². The number of ether oxygens (including phenoxy) is 1. The minimum atomic E-state index is -0.631. The molecule has 0 unspecified atom stereocenters. The van der Waals surface area contributed by atoms with Crippen molar-refractivity contribution in [2.75, 3.05) is 12.9 Å². The summed E-state index contributed by atoms with van der Waals surface area (Å²) in [7, 11) is 0. The molecule has 1 amide bonds. The van der Waals surface area contributed by atoms with E-state index >= 15 is 0 Å². The van der Waals surface area contributed by atoms with Gasteiger partial charge in [-0.15, -0.1) is 11.8 Å². The Hall–Kier alpha value is -1.69. The molecule has 0 aliphatic heterocycles. The Morgan fingerprint density at radius 3 is 2.67 bits per heavy atom. The van der Waals surface area contributed by atoms with Crippen molar-refractivity contribution in [1.29, 1.82) is 0 Å². The maximum atomic E-state index is 12.0. The number of halogens is 2. The number of rotatable bonds is 6. The lowest BCUT2D eigenvalue weighted by molar-refractivity contribution is -0.124. The number of amides is 1. The highest BCUT2D eigenvalue weighted by molar-refractivity contribution is 7.98. The van der Waals surface area contributed by atoms with Gasteiger partial charge in [-0.3, -0.25) is 4.79 Å². The van der Waals surface area contributed by atoms with Crippen LogP contribution < -0.4 is 5.32 Å². The van der Waals surface area contributed by atoms with Gasteiger partial charge in [0.05, 0.1) is 10.6 Å². The third-order valence-corrected chi connectivity index (χ3v) is 4.40. The van der Waals surface area contributed by atoms with E-state index in [0.717, 1.165) is 10.5 Å². The maximum absolute atomic E-state index is 12.0. The van der Waals surface area contributed by atoms with Crippen LogP contribution in [0.4, 0.5) is 0 Å². The van der Waals surface area contributed by atoms with Gasteiger partial charge in [-0.05, 0) is 42.2 Å². The molecule has 24 heavy (non-hydrogen) atoms. The van der Waals surface area contributed by atoms with E-state index in [4.69, 9.17) is 27.9 Å². The topological polar surface area (TPSA) is 55.4 Å². The number of nitrogens with one attached hydrogen (secondary N) is 1. The summed E-state index contributed by atoms with van der Waals surface area (Å²) >= 11 is 13.4. The Kier molecular flexibility index (Phi) is 6.97. The number of benzene rings is 2. The van der Waals surface area contributed by atoms with Crippen LogP contribution in [0.1, 0.15) is 15.9 Å². The van der Waals surface area contributed by atoms with Crippen LogP contribution in [0.25, 0.3) is 0 Å². The molecule has 0 atom stereocenters. The van der Waals surface area contributed by atoms with Crippen molar-refractivity contribution in [3.05, 3.63) is 63.6 Å². The van der Waals surface area contributed by atoms with Crippen LogP contribution in [0.5, 0.6) is 0 Å². The number of hydrogen-bond donors (Lipinski definition) is 1. The highest BCUT2D eigenvalue weighted by atomic mass is 35.5. The van der Waals surface area contributed by atoms with Crippen LogP contribution in [0.3, 0.4) is 0 Å². The number of esters is 1. The zero-order valence-corrected chi connectivity index (χ0v) is 15.2. The number of carbonyl (C=O) groups excluding carboxylic acids is 2. The molecule has 2 aromatic carbocycles. The molecule has 0 radical (unpaired) electrons. The SMILES string of the molecule is CSc1ccc(Cl)c(C(=O)OCC(=O)NCc2cccc(Cl)c2)c1. The van der Waals surface area contributed by atoms with Crippen LogP contribution >= 0.6 is 35.0 Å². The molecule has 4 nitrogen and oxygen atoms in total. The van der Waals surface area contributed by atoms with E-state index in [9.17, 15) is 9.59 Å². The van der Waals surface area contributed by atoms with Crippen LogP contribution in [0, 0.1) is 0 Å². The largest absolute Gasteiger partial charge is 0.452 e. The Balaban J connectivity index is 1.86. The fourth-order valence-corrected chi connectivity index (χ4v) is 2.74. The van der Waals surface area contributed by atoms with Crippen molar-refractivity contribution < 1.29 is 14.3 Å². The average molecular weight is 384 g/mol. The maximum Gasteiger partial charge on any atom is 0.340 e. The van der Waals surface area contributed by atoms with Crippen molar-refractivity contribution >= 4 is 46.8 Å². The van der Waals surface area contributed by atoms with Crippen molar-refractivity contribution in [1.82, 2.24) is 5.32 Å². The van der Waals surface area contributed by atoms with Gasteiger partial charge in [-0.1, -0.05) is 35.3 Å². The zero-order valence-electron chi connectivity index (χ0n) is 12.8. The summed E-state index contributed by atoms with van der Waals surface area (Å²) < 4.78 is 5.01. The Morgan fingerprint density at radius 2 is 1.96 bits per heavy atom. The Bertz CT molecular complexity index is 752. The minimum absolute atomic E-state index is 0.242. The summed E-state index contributed by atoms with van der Waals surface area (Å²) in [5, 5.41) is 3.54. The van der Waals surface area contributed by atoms with Crippen molar-refractivity contribution in [2.45, 2.75) is 11.4 Å². The monoisotopic (exact) mass is 383 g/mol. The molecule has 0 saturated heterocycles. The van der Waals surface area contributed by atoms with Crippen LogP contribution in [0.2, 0.25) is 10.0 Å². The summed E-state index contributed by atoms with van der Waals surface area (Å²) in [5.74, 6) is -1.03. The molecular weight excluding hydrogens is 369 g/mol. The quantitative estimate of drug-likeness (QED) is 0.600. The number of hydrogen-bond acceptors (Lipinski definition) is 4. The van der Waals surface area contributed by atoms with Crippen LogP contribution in [-0.4, -0.2) is 24.7 Å². The first-order chi connectivity index (χ1) is 11.5. The van der Waals surface area contributed by atoms with Gasteiger partial charge in [0, 0.05) is 16.5 Å². The molecule has 0 spiro atoms. The lowest BCUT2D eigenvalue weighted by atomic mass is 10.2. The van der Waals surface area contributed by atoms with Gasteiger partial charge in [-0.25, -0.2) is 4.79 Å². The summed E-state index contributed by atoms with van der Waals surface area (Å²) in [6.07, 6.45) is 1.89. The first kappa shape index (κ1) is 18.6. The van der Waals surface area contributed by atoms with Crippen LogP contribution in [-0.2, 0) is 16.1 Å². The smallest absolute Gasteiger partial charge is 0.340 e. The minimum Gasteiger partial charge on any atom is -0.452 e. The third kappa shape index (κ3) is 5.44. The van der Waals surface area contributed by atoms with E-state index in [0.29, 0.717) is 11.6 Å². The van der Waals surface area contributed by atoms with Gasteiger partial charge < -0.3 is 10.1 Å². The summed E-state index contributed by atoms with van der Waals surface area (Å²) in [6, 6.07) is 12.2. The number of carbonyl (C=O) groups is 2. The second kappa shape index (κ2) is 8.97.